The van der Waals surface area contributed by atoms with Crippen LogP contribution in [-0.2, 0) is 0 Å². The first kappa shape index (κ1) is 14.6. The molecule has 0 spiro atoms. The van der Waals surface area contributed by atoms with Gasteiger partial charge >= 0.3 is 0 Å². The molecule has 4 heteroatoms. The minimum atomic E-state index is -0.742. The number of aliphatic hydroxyl groups is 1. The van der Waals surface area contributed by atoms with Gasteiger partial charge < -0.3 is 14.4 Å². The quantitative estimate of drug-likeness (QED) is 0.931. The zero-order valence-electron chi connectivity index (χ0n) is 12.7. The lowest BCUT2D eigenvalue weighted by Crippen LogP contribution is -2.11. The Morgan fingerprint density at radius 2 is 1.95 bits per heavy atom. The zero-order valence-corrected chi connectivity index (χ0v) is 12.7. The molecule has 0 fully saturated rings. The normalized spacial score (nSPS) is 12.8. The zero-order chi connectivity index (χ0) is 14.9. The molecule has 1 atom stereocenters. The van der Waals surface area contributed by atoms with E-state index in [1.165, 1.54) is 0 Å². The SMILES string of the molecule is COc1c(C(O)c2cncn2C(C)C)ccc(C)c1C. The van der Waals surface area contributed by atoms with Gasteiger partial charge in [-0.2, -0.15) is 0 Å². The van der Waals surface area contributed by atoms with Crippen molar-refractivity contribution < 1.29 is 9.84 Å². The van der Waals surface area contributed by atoms with Crippen LogP contribution in [0.2, 0.25) is 0 Å². The van der Waals surface area contributed by atoms with Crippen LogP contribution in [-0.4, -0.2) is 21.8 Å². The molecule has 0 bridgehead atoms. The molecule has 2 aromatic rings. The first-order valence-corrected chi connectivity index (χ1v) is 6.81. The van der Waals surface area contributed by atoms with Gasteiger partial charge in [0.05, 0.1) is 25.3 Å². The highest BCUT2D eigenvalue weighted by Gasteiger charge is 2.21. The standard InChI is InChI=1S/C16H22N2O2/c1-10(2)18-9-17-8-14(18)15(19)13-7-6-11(3)12(4)16(13)20-5/h6-10,15,19H,1-5H3. The molecule has 0 aliphatic heterocycles. The lowest BCUT2D eigenvalue weighted by molar-refractivity contribution is 0.202. The predicted octanol–water partition coefficient (Wildman–Crippen LogP) is 3.17. The summed E-state index contributed by atoms with van der Waals surface area (Å²) in [6.45, 7) is 8.17. The van der Waals surface area contributed by atoms with Crippen LogP contribution in [0.25, 0.3) is 0 Å². The molecule has 1 N–H and O–H groups in total. The van der Waals surface area contributed by atoms with E-state index in [1.54, 1.807) is 19.6 Å². The maximum atomic E-state index is 10.7. The van der Waals surface area contributed by atoms with Gasteiger partial charge in [0.15, 0.2) is 0 Å². The summed E-state index contributed by atoms with van der Waals surface area (Å²) in [6.07, 6.45) is 2.71. The highest BCUT2D eigenvalue weighted by Crippen LogP contribution is 2.34. The number of aliphatic hydroxyl groups excluding tert-OH is 1. The second-order valence-corrected chi connectivity index (χ2v) is 5.35. The lowest BCUT2D eigenvalue weighted by Gasteiger charge is -2.20. The monoisotopic (exact) mass is 274 g/mol. The van der Waals surface area contributed by atoms with Crippen molar-refractivity contribution >= 4 is 0 Å². The number of rotatable bonds is 4. The van der Waals surface area contributed by atoms with Gasteiger partial charge in [0.1, 0.15) is 11.9 Å². The number of imidazole rings is 1. The number of aromatic nitrogens is 2. The van der Waals surface area contributed by atoms with Crippen molar-refractivity contribution in [3.05, 3.63) is 47.0 Å². The minimum Gasteiger partial charge on any atom is -0.496 e. The Bertz CT molecular complexity index is 603. The number of methoxy groups -OCH3 is 1. The highest BCUT2D eigenvalue weighted by molar-refractivity contribution is 5.48. The van der Waals surface area contributed by atoms with Crippen LogP contribution in [0, 0.1) is 13.8 Å². The van der Waals surface area contributed by atoms with Crippen LogP contribution in [0.4, 0.5) is 0 Å². The van der Waals surface area contributed by atoms with Crippen LogP contribution in [0.15, 0.2) is 24.7 Å². The van der Waals surface area contributed by atoms with E-state index < -0.39 is 6.10 Å². The first-order valence-electron chi connectivity index (χ1n) is 6.81. The molecule has 1 unspecified atom stereocenters. The van der Waals surface area contributed by atoms with Crippen LogP contribution in [0.5, 0.6) is 5.75 Å². The van der Waals surface area contributed by atoms with Crippen molar-refractivity contribution in [2.45, 2.75) is 39.8 Å². The summed E-state index contributed by atoms with van der Waals surface area (Å²) in [7, 11) is 1.64. The van der Waals surface area contributed by atoms with Crippen molar-refractivity contribution in [2.24, 2.45) is 0 Å². The van der Waals surface area contributed by atoms with Gasteiger partial charge in [-0.05, 0) is 38.8 Å². The number of benzene rings is 1. The summed E-state index contributed by atoms with van der Waals surface area (Å²) in [6, 6.07) is 4.18. The Hall–Kier alpha value is -1.81. The molecule has 108 valence electrons. The number of hydrogen-bond acceptors (Lipinski definition) is 3. The van der Waals surface area contributed by atoms with Gasteiger partial charge in [0.25, 0.3) is 0 Å². The van der Waals surface area contributed by atoms with Gasteiger partial charge in [-0.25, -0.2) is 4.98 Å². The van der Waals surface area contributed by atoms with E-state index in [0.717, 1.165) is 28.1 Å². The predicted molar refractivity (Wildman–Crippen MR) is 79.1 cm³/mol. The van der Waals surface area contributed by atoms with Gasteiger partial charge in [-0.1, -0.05) is 12.1 Å². The number of nitrogens with zero attached hydrogens (tertiary/aromatic N) is 2. The number of aryl methyl sites for hydroxylation is 1. The Labute approximate surface area is 120 Å². The number of ether oxygens (including phenoxy) is 1. The van der Waals surface area contributed by atoms with Crippen molar-refractivity contribution in [3.8, 4) is 5.75 Å². The fourth-order valence-corrected chi connectivity index (χ4v) is 2.41. The average molecular weight is 274 g/mol. The van der Waals surface area contributed by atoms with Gasteiger partial charge in [-0.3, -0.25) is 0 Å². The molecule has 0 radical (unpaired) electrons. The molecule has 20 heavy (non-hydrogen) atoms. The second kappa shape index (κ2) is 5.67. The molecule has 0 aliphatic rings. The van der Waals surface area contributed by atoms with Crippen molar-refractivity contribution in [1.82, 2.24) is 9.55 Å². The van der Waals surface area contributed by atoms with Gasteiger partial charge in [0.2, 0.25) is 0 Å². The van der Waals surface area contributed by atoms with E-state index in [2.05, 4.69) is 18.8 Å². The Morgan fingerprint density at radius 1 is 1.25 bits per heavy atom. The van der Waals surface area contributed by atoms with E-state index in [0.29, 0.717) is 0 Å². The van der Waals surface area contributed by atoms with E-state index in [-0.39, 0.29) is 6.04 Å². The minimum absolute atomic E-state index is 0.250. The first-order chi connectivity index (χ1) is 9.47. The van der Waals surface area contributed by atoms with Gasteiger partial charge in [0, 0.05) is 11.6 Å². The summed E-state index contributed by atoms with van der Waals surface area (Å²) < 4.78 is 7.46. The molecule has 1 heterocycles. The fraction of sp³-hybridized carbons (Fsp3) is 0.438. The molecule has 0 aliphatic carbocycles. The topological polar surface area (TPSA) is 47.3 Å². The van der Waals surface area contributed by atoms with E-state index >= 15 is 0 Å². The summed E-state index contributed by atoms with van der Waals surface area (Å²) in [4.78, 5) is 4.15. The summed E-state index contributed by atoms with van der Waals surface area (Å²) in [5.41, 5.74) is 3.76. The summed E-state index contributed by atoms with van der Waals surface area (Å²) in [5.74, 6) is 0.744. The molecule has 2 rings (SSSR count). The molecular weight excluding hydrogens is 252 g/mol. The molecule has 1 aromatic heterocycles. The van der Waals surface area contributed by atoms with Crippen molar-refractivity contribution in [3.63, 3.8) is 0 Å². The molecule has 4 nitrogen and oxygen atoms in total. The molecular formula is C16H22N2O2. The third kappa shape index (κ3) is 2.43. The Balaban J connectivity index is 2.51. The Morgan fingerprint density at radius 3 is 2.55 bits per heavy atom. The van der Waals surface area contributed by atoms with Crippen LogP contribution in [0.1, 0.15) is 48.4 Å². The fourth-order valence-electron chi connectivity index (χ4n) is 2.41. The largest absolute Gasteiger partial charge is 0.496 e. The van der Waals surface area contributed by atoms with E-state index in [4.69, 9.17) is 4.74 Å². The van der Waals surface area contributed by atoms with Crippen LogP contribution in [0.3, 0.4) is 0 Å². The average Bonchev–Trinajstić information content (AvgIpc) is 2.90. The smallest absolute Gasteiger partial charge is 0.128 e. The third-order valence-corrected chi connectivity index (χ3v) is 3.74. The molecule has 0 amide bonds. The molecule has 0 saturated carbocycles. The lowest BCUT2D eigenvalue weighted by atomic mass is 9.99. The second-order valence-electron chi connectivity index (χ2n) is 5.35. The van der Waals surface area contributed by atoms with Crippen molar-refractivity contribution in [1.29, 1.82) is 0 Å². The molecule has 0 saturated heterocycles. The summed E-state index contributed by atoms with van der Waals surface area (Å²) >= 11 is 0. The Kier molecular flexibility index (Phi) is 4.14. The summed E-state index contributed by atoms with van der Waals surface area (Å²) in [5, 5.41) is 10.7. The van der Waals surface area contributed by atoms with E-state index in [9.17, 15) is 5.11 Å². The van der Waals surface area contributed by atoms with Crippen LogP contribution >= 0.6 is 0 Å². The van der Waals surface area contributed by atoms with Gasteiger partial charge in [-0.15, -0.1) is 0 Å². The molecule has 1 aromatic carbocycles. The van der Waals surface area contributed by atoms with E-state index in [1.807, 2.05) is 30.5 Å². The number of hydrogen-bond donors (Lipinski definition) is 1. The maximum absolute atomic E-state index is 10.7. The highest BCUT2D eigenvalue weighted by atomic mass is 16.5. The van der Waals surface area contributed by atoms with Crippen LogP contribution < -0.4 is 4.74 Å². The maximum Gasteiger partial charge on any atom is 0.128 e. The van der Waals surface area contributed by atoms with Crippen molar-refractivity contribution in [2.75, 3.05) is 7.11 Å². The third-order valence-electron chi connectivity index (χ3n) is 3.74.